The van der Waals surface area contributed by atoms with E-state index in [1.807, 2.05) is 17.9 Å². The molecule has 1 saturated heterocycles. The van der Waals surface area contributed by atoms with Crippen molar-refractivity contribution in [2.45, 2.75) is 25.8 Å². The standard InChI is InChI=1S/C12H14FNO/c1-9-8-10(15)6-7-14(9)12-5-3-2-4-11(12)13/h2-5,9H,6-8H2,1H3. The number of ketones is 1. The third-order valence-corrected chi connectivity index (χ3v) is 2.85. The molecule has 1 aliphatic heterocycles. The lowest BCUT2D eigenvalue weighted by Crippen LogP contribution is -2.41. The molecule has 1 aromatic carbocycles. The summed E-state index contributed by atoms with van der Waals surface area (Å²) in [6.07, 6.45) is 1.05. The Labute approximate surface area is 88.7 Å². The first-order chi connectivity index (χ1) is 7.18. The van der Waals surface area contributed by atoms with Crippen LogP contribution in [0.25, 0.3) is 0 Å². The lowest BCUT2D eigenvalue weighted by atomic mass is 10.0. The lowest BCUT2D eigenvalue weighted by Gasteiger charge is -2.34. The molecule has 2 rings (SSSR count). The maximum absolute atomic E-state index is 13.5. The zero-order valence-corrected chi connectivity index (χ0v) is 8.74. The minimum Gasteiger partial charge on any atom is -0.366 e. The van der Waals surface area contributed by atoms with E-state index < -0.39 is 0 Å². The Morgan fingerprint density at radius 1 is 1.40 bits per heavy atom. The van der Waals surface area contributed by atoms with Crippen LogP contribution in [-0.4, -0.2) is 18.4 Å². The van der Waals surface area contributed by atoms with Crippen molar-refractivity contribution in [2.24, 2.45) is 0 Å². The summed E-state index contributed by atoms with van der Waals surface area (Å²) < 4.78 is 13.5. The van der Waals surface area contributed by atoms with Gasteiger partial charge in [-0.2, -0.15) is 0 Å². The van der Waals surface area contributed by atoms with Crippen molar-refractivity contribution in [3.63, 3.8) is 0 Å². The van der Waals surface area contributed by atoms with Gasteiger partial charge in [0.15, 0.2) is 0 Å². The minimum absolute atomic E-state index is 0.100. The number of anilines is 1. The molecule has 0 aliphatic carbocycles. The average Bonchev–Trinajstić information content (AvgIpc) is 2.20. The Hall–Kier alpha value is -1.38. The van der Waals surface area contributed by atoms with Gasteiger partial charge in [0.05, 0.1) is 5.69 Å². The van der Waals surface area contributed by atoms with E-state index in [9.17, 15) is 9.18 Å². The summed E-state index contributed by atoms with van der Waals surface area (Å²) in [6.45, 7) is 2.59. The molecule has 80 valence electrons. The Morgan fingerprint density at radius 2 is 2.13 bits per heavy atom. The third-order valence-electron chi connectivity index (χ3n) is 2.85. The molecule has 0 spiro atoms. The van der Waals surface area contributed by atoms with Gasteiger partial charge >= 0.3 is 0 Å². The van der Waals surface area contributed by atoms with E-state index in [2.05, 4.69) is 0 Å². The first kappa shape index (κ1) is 10.1. The normalized spacial score (nSPS) is 21.9. The summed E-state index contributed by atoms with van der Waals surface area (Å²) in [6, 6.07) is 6.82. The van der Waals surface area contributed by atoms with Gasteiger partial charge in [-0.1, -0.05) is 12.1 Å². The van der Waals surface area contributed by atoms with Crippen molar-refractivity contribution in [3.8, 4) is 0 Å². The average molecular weight is 207 g/mol. The van der Waals surface area contributed by atoms with E-state index >= 15 is 0 Å². The van der Waals surface area contributed by atoms with Gasteiger partial charge in [-0.3, -0.25) is 4.79 Å². The molecule has 0 amide bonds. The Morgan fingerprint density at radius 3 is 2.80 bits per heavy atom. The topological polar surface area (TPSA) is 20.3 Å². The monoisotopic (exact) mass is 207 g/mol. The largest absolute Gasteiger partial charge is 0.366 e. The van der Waals surface area contributed by atoms with Crippen molar-refractivity contribution < 1.29 is 9.18 Å². The van der Waals surface area contributed by atoms with Crippen LogP contribution in [0, 0.1) is 5.82 Å². The van der Waals surface area contributed by atoms with Crippen LogP contribution < -0.4 is 4.90 Å². The van der Waals surface area contributed by atoms with E-state index in [-0.39, 0.29) is 17.6 Å². The highest BCUT2D eigenvalue weighted by Crippen LogP contribution is 2.25. The van der Waals surface area contributed by atoms with Gasteiger partial charge in [-0.15, -0.1) is 0 Å². The van der Waals surface area contributed by atoms with Crippen molar-refractivity contribution >= 4 is 11.5 Å². The fraction of sp³-hybridized carbons (Fsp3) is 0.417. The van der Waals surface area contributed by atoms with Gasteiger partial charge in [0.1, 0.15) is 11.6 Å². The molecule has 0 saturated carbocycles. The number of carbonyl (C=O) groups is 1. The second-order valence-electron chi connectivity index (χ2n) is 3.99. The first-order valence-corrected chi connectivity index (χ1v) is 5.21. The molecule has 1 aliphatic rings. The molecule has 2 nitrogen and oxygen atoms in total. The van der Waals surface area contributed by atoms with E-state index in [0.29, 0.717) is 25.1 Å². The second-order valence-corrected chi connectivity index (χ2v) is 3.99. The molecule has 0 N–H and O–H groups in total. The molecule has 3 heteroatoms. The van der Waals surface area contributed by atoms with Crippen molar-refractivity contribution in [2.75, 3.05) is 11.4 Å². The number of halogens is 1. The number of hydrogen-bond acceptors (Lipinski definition) is 2. The van der Waals surface area contributed by atoms with E-state index in [4.69, 9.17) is 0 Å². The van der Waals surface area contributed by atoms with E-state index in [0.717, 1.165) is 0 Å². The minimum atomic E-state index is -0.210. The molecular weight excluding hydrogens is 193 g/mol. The summed E-state index contributed by atoms with van der Waals surface area (Å²) in [4.78, 5) is 13.2. The van der Waals surface area contributed by atoms with Crippen LogP contribution in [0.2, 0.25) is 0 Å². The number of rotatable bonds is 1. The molecule has 1 fully saturated rings. The molecule has 0 bridgehead atoms. The number of benzene rings is 1. The zero-order valence-electron chi connectivity index (χ0n) is 8.74. The van der Waals surface area contributed by atoms with Crippen LogP contribution in [0.4, 0.5) is 10.1 Å². The highest BCUT2D eigenvalue weighted by molar-refractivity contribution is 5.81. The molecule has 1 aromatic rings. The maximum atomic E-state index is 13.5. The fourth-order valence-corrected chi connectivity index (χ4v) is 2.05. The zero-order chi connectivity index (χ0) is 10.8. The van der Waals surface area contributed by atoms with Gasteiger partial charge in [0, 0.05) is 25.4 Å². The number of hydrogen-bond donors (Lipinski definition) is 0. The Bertz CT molecular complexity index is 378. The summed E-state index contributed by atoms with van der Waals surface area (Å²) in [5.74, 6) is 0.0637. The van der Waals surface area contributed by atoms with E-state index in [1.165, 1.54) is 6.07 Å². The number of carbonyl (C=O) groups excluding carboxylic acids is 1. The smallest absolute Gasteiger partial charge is 0.146 e. The third kappa shape index (κ3) is 2.01. The van der Waals surface area contributed by atoms with Gasteiger partial charge < -0.3 is 4.90 Å². The molecule has 1 atom stereocenters. The molecule has 1 heterocycles. The van der Waals surface area contributed by atoms with Crippen LogP contribution in [0.15, 0.2) is 24.3 Å². The number of para-hydroxylation sites is 1. The van der Waals surface area contributed by atoms with Gasteiger partial charge in [0.25, 0.3) is 0 Å². The quantitative estimate of drug-likeness (QED) is 0.704. The fourth-order valence-electron chi connectivity index (χ4n) is 2.05. The second kappa shape index (κ2) is 4.01. The van der Waals surface area contributed by atoms with Gasteiger partial charge in [0.2, 0.25) is 0 Å². The first-order valence-electron chi connectivity index (χ1n) is 5.21. The lowest BCUT2D eigenvalue weighted by molar-refractivity contribution is -0.120. The highest BCUT2D eigenvalue weighted by atomic mass is 19.1. The predicted octanol–water partition coefficient (Wildman–Crippen LogP) is 2.38. The van der Waals surface area contributed by atoms with Crippen molar-refractivity contribution in [1.29, 1.82) is 0 Å². The summed E-state index contributed by atoms with van der Waals surface area (Å²) in [7, 11) is 0. The maximum Gasteiger partial charge on any atom is 0.146 e. The number of piperidine rings is 1. The summed E-state index contributed by atoms with van der Waals surface area (Å²) >= 11 is 0. The SMILES string of the molecule is CC1CC(=O)CCN1c1ccccc1F. The van der Waals surface area contributed by atoms with Crippen molar-refractivity contribution in [3.05, 3.63) is 30.1 Å². The Kier molecular flexibility index (Phi) is 2.71. The Balaban J connectivity index is 2.24. The van der Waals surface area contributed by atoms with Crippen LogP contribution in [0.1, 0.15) is 19.8 Å². The number of nitrogens with zero attached hydrogens (tertiary/aromatic N) is 1. The van der Waals surface area contributed by atoms with Crippen LogP contribution in [0.5, 0.6) is 0 Å². The van der Waals surface area contributed by atoms with E-state index in [1.54, 1.807) is 12.1 Å². The summed E-state index contributed by atoms with van der Waals surface area (Å²) in [5.41, 5.74) is 0.609. The highest BCUT2D eigenvalue weighted by Gasteiger charge is 2.24. The predicted molar refractivity (Wildman–Crippen MR) is 57.4 cm³/mol. The summed E-state index contributed by atoms with van der Waals surface area (Å²) in [5, 5.41) is 0. The number of Topliss-reactive ketones (excluding diaryl/α,β-unsaturated/α-hetero) is 1. The van der Waals surface area contributed by atoms with Crippen molar-refractivity contribution in [1.82, 2.24) is 0 Å². The van der Waals surface area contributed by atoms with Crippen LogP contribution in [0.3, 0.4) is 0 Å². The molecule has 0 radical (unpaired) electrons. The molecular formula is C12H14FNO. The van der Waals surface area contributed by atoms with Gasteiger partial charge in [-0.25, -0.2) is 4.39 Å². The molecule has 0 aromatic heterocycles. The molecule has 1 unspecified atom stereocenters. The van der Waals surface area contributed by atoms with Gasteiger partial charge in [-0.05, 0) is 19.1 Å². The van der Waals surface area contributed by atoms with Crippen LogP contribution >= 0.6 is 0 Å². The van der Waals surface area contributed by atoms with Crippen LogP contribution in [-0.2, 0) is 4.79 Å². The molecule has 15 heavy (non-hydrogen) atoms.